The van der Waals surface area contributed by atoms with Gasteiger partial charge in [0.1, 0.15) is 5.82 Å². The van der Waals surface area contributed by atoms with E-state index in [1.807, 2.05) is 13.0 Å². The highest BCUT2D eigenvalue weighted by Gasteiger charge is 2.23. The summed E-state index contributed by atoms with van der Waals surface area (Å²) in [5.74, 6) is -1.60. The van der Waals surface area contributed by atoms with Gasteiger partial charge in [-0.2, -0.15) is 0 Å². The molecule has 4 amide bonds. The average Bonchev–Trinajstić information content (AvgIpc) is 3.21. The van der Waals surface area contributed by atoms with Gasteiger partial charge in [0.05, 0.1) is 16.9 Å². The van der Waals surface area contributed by atoms with Gasteiger partial charge in [-0.15, -0.1) is 0 Å². The summed E-state index contributed by atoms with van der Waals surface area (Å²) in [5, 5.41) is 9.58. The molecule has 0 saturated carbocycles. The van der Waals surface area contributed by atoms with Crippen LogP contribution in [0, 0.1) is 5.82 Å². The van der Waals surface area contributed by atoms with Crippen molar-refractivity contribution in [1.29, 1.82) is 0 Å². The van der Waals surface area contributed by atoms with Crippen molar-refractivity contribution in [2.75, 3.05) is 49.5 Å². The number of rotatable bonds is 8. The standard InChI is InChI=1S/C30H32Cl2FN5O3/c1-2-34-30(41)38-15-5-14-37(16-17-38)27-11-9-21(18-26(27)36-29(40)23-6-3-4-7-25(23)33)28(39)35-13-12-20-8-10-22(31)19-24(20)32/h3-4,6-11,18-19H,2,5,12-17H2,1H3,(H,34,41)(H,35,39)(H,36,40). The van der Waals surface area contributed by atoms with Gasteiger partial charge in [-0.05, 0) is 67.8 Å². The molecule has 8 nitrogen and oxygen atoms in total. The number of benzene rings is 3. The van der Waals surface area contributed by atoms with Crippen LogP contribution in [0.15, 0.2) is 60.7 Å². The monoisotopic (exact) mass is 599 g/mol. The van der Waals surface area contributed by atoms with Gasteiger partial charge in [-0.25, -0.2) is 9.18 Å². The summed E-state index contributed by atoms with van der Waals surface area (Å²) in [7, 11) is 0. The second kappa shape index (κ2) is 14.2. The minimum atomic E-state index is -0.645. The zero-order valence-corrected chi connectivity index (χ0v) is 24.2. The van der Waals surface area contributed by atoms with E-state index in [0.717, 1.165) is 5.56 Å². The van der Waals surface area contributed by atoms with Gasteiger partial charge in [0.25, 0.3) is 11.8 Å². The first-order valence-corrected chi connectivity index (χ1v) is 14.2. The number of hydrogen-bond acceptors (Lipinski definition) is 4. The highest BCUT2D eigenvalue weighted by atomic mass is 35.5. The summed E-state index contributed by atoms with van der Waals surface area (Å²) < 4.78 is 14.4. The molecule has 0 aromatic heterocycles. The maximum absolute atomic E-state index is 14.4. The number of nitrogens with zero attached hydrogens (tertiary/aromatic N) is 2. The van der Waals surface area contributed by atoms with E-state index in [1.54, 1.807) is 41.3 Å². The molecule has 3 aromatic rings. The summed E-state index contributed by atoms with van der Waals surface area (Å²) in [6.45, 7) is 4.98. The van der Waals surface area contributed by atoms with E-state index in [-0.39, 0.29) is 17.5 Å². The number of carbonyl (C=O) groups is 3. The molecule has 0 atom stereocenters. The van der Waals surface area contributed by atoms with E-state index in [2.05, 4.69) is 20.9 Å². The predicted molar refractivity (Wildman–Crippen MR) is 161 cm³/mol. The fourth-order valence-electron chi connectivity index (χ4n) is 4.65. The number of anilines is 2. The quantitative estimate of drug-likeness (QED) is 0.314. The number of carbonyl (C=O) groups excluding carboxylic acids is 3. The van der Waals surface area contributed by atoms with E-state index < -0.39 is 11.7 Å². The van der Waals surface area contributed by atoms with Gasteiger partial charge in [-0.1, -0.05) is 41.4 Å². The number of hydrogen-bond donors (Lipinski definition) is 3. The van der Waals surface area contributed by atoms with Crippen LogP contribution in [-0.4, -0.2) is 62.0 Å². The van der Waals surface area contributed by atoms with Crippen molar-refractivity contribution in [3.63, 3.8) is 0 Å². The minimum absolute atomic E-state index is 0.105. The molecule has 1 fully saturated rings. The molecule has 0 aliphatic carbocycles. The van der Waals surface area contributed by atoms with E-state index in [1.165, 1.54) is 18.2 Å². The van der Waals surface area contributed by atoms with Gasteiger partial charge in [0.2, 0.25) is 0 Å². The Hall–Kier alpha value is -3.82. The van der Waals surface area contributed by atoms with Crippen LogP contribution in [0.3, 0.4) is 0 Å². The topological polar surface area (TPSA) is 93.8 Å². The lowest BCUT2D eigenvalue weighted by Crippen LogP contribution is -2.42. The third kappa shape index (κ3) is 7.89. The number of urea groups is 1. The molecule has 1 aliphatic heterocycles. The Morgan fingerprint density at radius 2 is 1.71 bits per heavy atom. The molecule has 4 rings (SSSR count). The number of amides is 4. The molecule has 0 bridgehead atoms. The summed E-state index contributed by atoms with van der Waals surface area (Å²) in [6.07, 6.45) is 1.22. The molecule has 3 N–H and O–H groups in total. The van der Waals surface area contributed by atoms with Crippen molar-refractivity contribution in [3.05, 3.63) is 93.2 Å². The Morgan fingerprint density at radius 3 is 2.46 bits per heavy atom. The van der Waals surface area contributed by atoms with Crippen LogP contribution < -0.4 is 20.9 Å². The lowest BCUT2D eigenvalue weighted by molar-refractivity contribution is 0.0952. The first-order chi connectivity index (χ1) is 19.8. The Kier molecular flexibility index (Phi) is 10.4. The maximum atomic E-state index is 14.4. The lowest BCUT2D eigenvalue weighted by Gasteiger charge is -2.26. The fraction of sp³-hybridized carbons (Fsp3) is 0.300. The Balaban J connectivity index is 1.54. The van der Waals surface area contributed by atoms with E-state index in [0.29, 0.717) is 79.1 Å². The van der Waals surface area contributed by atoms with Crippen LogP contribution in [-0.2, 0) is 6.42 Å². The van der Waals surface area contributed by atoms with Crippen molar-refractivity contribution >= 4 is 52.4 Å². The maximum Gasteiger partial charge on any atom is 0.317 e. The van der Waals surface area contributed by atoms with Gasteiger partial charge >= 0.3 is 6.03 Å². The van der Waals surface area contributed by atoms with Crippen molar-refractivity contribution in [2.45, 2.75) is 19.8 Å². The summed E-state index contributed by atoms with van der Waals surface area (Å²) >= 11 is 12.2. The highest BCUT2D eigenvalue weighted by molar-refractivity contribution is 6.35. The molecule has 1 saturated heterocycles. The van der Waals surface area contributed by atoms with Crippen molar-refractivity contribution in [3.8, 4) is 0 Å². The first-order valence-electron chi connectivity index (χ1n) is 13.5. The summed E-state index contributed by atoms with van der Waals surface area (Å²) in [6, 6.07) is 15.9. The SMILES string of the molecule is CCNC(=O)N1CCCN(c2ccc(C(=O)NCCc3ccc(Cl)cc3Cl)cc2NC(=O)c2ccccc2F)CC1. The van der Waals surface area contributed by atoms with E-state index in [9.17, 15) is 18.8 Å². The average molecular weight is 601 g/mol. The van der Waals surface area contributed by atoms with E-state index in [4.69, 9.17) is 23.2 Å². The molecule has 0 radical (unpaired) electrons. The molecular weight excluding hydrogens is 568 g/mol. The van der Waals surface area contributed by atoms with Gasteiger partial charge in [-0.3, -0.25) is 9.59 Å². The second-order valence-corrected chi connectivity index (χ2v) is 10.4. The van der Waals surface area contributed by atoms with Crippen molar-refractivity contribution < 1.29 is 18.8 Å². The lowest BCUT2D eigenvalue weighted by atomic mass is 10.1. The van der Waals surface area contributed by atoms with Crippen molar-refractivity contribution in [2.24, 2.45) is 0 Å². The molecule has 3 aromatic carbocycles. The summed E-state index contributed by atoms with van der Waals surface area (Å²) in [5.41, 5.74) is 2.13. The van der Waals surface area contributed by atoms with Crippen LogP contribution in [0.4, 0.5) is 20.6 Å². The third-order valence-electron chi connectivity index (χ3n) is 6.77. The molecule has 0 spiro atoms. The Morgan fingerprint density at radius 1 is 0.902 bits per heavy atom. The first kappa shape index (κ1) is 30.1. The van der Waals surface area contributed by atoms with Crippen LogP contribution in [0.1, 0.15) is 39.6 Å². The molecular formula is C30H32Cl2FN5O3. The van der Waals surface area contributed by atoms with Gasteiger partial charge < -0.3 is 25.8 Å². The van der Waals surface area contributed by atoms with Crippen LogP contribution >= 0.6 is 23.2 Å². The summed E-state index contributed by atoms with van der Waals surface area (Å²) in [4.78, 5) is 42.3. The zero-order chi connectivity index (χ0) is 29.4. The third-order valence-corrected chi connectivity index (χ3v) is 7.36. The largest absolute Gasteiger partial charge is 0.368 e. The molecule has 1 heterocycles. The molecule has 41 heavy (non-hydrogen) atoms. The van der Waals surface area contributed by atoms with Crippen molar-refractivity contribution in [1.82, 2.24) is 15.5 Å². The Labute approximate surface area is 248 Å². The van der Waals surface area contributed by atoms with Crippen LogP contribution in [0.2, 0.25) is 10.0 Å². The molecule has 11 heteroatoms. The number of nitrogens with one attached hydrogen (secondary N) is 3. The zero-order valence-electron chi connectivity index (χ0n) is 22.7. The smallest absolute Gasteiger partial charge is 0.317 e. The fourth-order valence-corrected chi connectivity index (χ4v) is 5.15. The second-order valence-electron chi connectivity index (χ2n) is 9.57. The normalized spacial score (nSPS) is 13.4. The van der Waals surface area contributed by atoms with Crippen LogP contribution in [0.5, 0.6) is 0 Å². The Bertz CT molecular complexity index is 1420. The number of halogens is 3. The molecule has 1 aliphatic rings. The highest BCUT2D eigenvalue weighted by Crippen LogP contribution is 2.29. The van der Waals surface area contributed by atoms with Gasteiger partial charge in [0.15, 0.2) is 0 Å². The van der Waals surface area contributed by atoms with Gasteiger partial charge in [0, 0.05) is 54.9 Å². The minimum Gasteiger partial charge on any atom is -0.368 e. The molecule has 216 valence electrons. The van der Waals surface area contributed by atoms with Crippen LogP contribution in [0.25, 0.3) is 0 Å². The predicted octanol–water partition coefficient (Wildman–Crippen LogP) is 5.60. The molecule has 0 unspecified atom stereocenters. The van der Waals surface area contributed by atoms with E-state index >= 15 is 0 Å².